The van der Waals surface area contributed by atoms with Crippen LogP contribution in [0, 0.1) is 0 Å². The van der Waals surface area contributed by atoms with E-state index in [9.17, 15) is 13.2 Å². The number of carbonyl (C=O) groups is 1. The zero-order chi connectivity index (χ0) is 14.9. The molecule has 108 valence electrons. The number of carboxylic acid groups (broad SMARTS) is 1. The summed E-state index contributed by atoms with van der Waals surface area (Å²) in [6, 6.07) is 2.81. The van der Waals surface area contributed by atoms with E-state index >= 15 is 0 Å². The smallest absolute Gasteiger partial charge is 0.352 e. The lowest BCUT2D eigenvalue weighted by molar-refractivity contribution is 0.0686. The fourth-order valence-corrected chi connectivity index (χ4v) is 3.02. The Morgan fingerprint density at radius 2 is 2.20 bits per heavy atom. The molecule has 0 aliphatic rings. The van der Waals surface area contributed by atoms with Crippen LogP contribution >= 0.6 is 0 Å². The Hall–Kier alpha value is -2.06. The van der Waals surface area contributed by atoms with Gasteiger partial charge in [0.25, 0.3) is 0 Å². The van der Waals surface area contributed by atoms with Crippen molar-refractivity contribution in [2.75, 3.05) is 7.05 Å². The van der Waals surface area contributed by atoms with Crippen molar-refractivity contribution in [1.29, 1.82) is 0 Å². The molecule has 2 rings (SSSR count). The Morgan fingerprint density at radius 1 is 1.50 bits per heavy atom. The van der Waals surface area contributed by atoms with Crippen LogP contribution < -0.4 is 0 Å². The lowest BCUT2D eigenvalue weighted by atomic mass is 10.3. The molecule has 0 amide bonds. The Kier molecular flexibility index (Phi) is 3.69. The molecular formula is C12H14N2O5S. The van der Waals surface area contributed by atoms with Gasteiger partial charge in [0, 0.05) is 32.4 Å². The summed E-state index contributed by atoms with van der Waals surface area (Å²) < 4.78 is 32.0. The van der Waals surface area contributed by atoms with Crippen molar-refractivity contribution in [2.45, 2.75) is 11.4 Å². The summed E-state index contributed by atoms with van der Waals surface area (Å²) in [4.78, 5) is 10.9. The predicted molar refractivity (Wildman–Crippen MR) is 69.7 cm³/mol. The number of aryl methyl sites for hydroxylation is 1. The van der Waals surface area contributed by atoms with Gasteiger partial charge in [0.2, 0.25) is 10.0 Å². The largest absolute Gasteiger partial charge is 0.477 e. The molecule has 0 atom stereocenters. The second-order valence-corrected chi connectivity index (χ2v) is 6.41. The van der Waals surface area contributed by atoms with Gasteiger partial charge in [-0.1, -0.05) is 0 Å². The number of nitrogens with zero attached hydrogens (tertiary/aromatic N) is 2. The first-order valence-corrected chi connectivity index (χ1v) is 7.13. The van der Waals surface area contributed by atoms with Gasteiger partial charge in [-0.3, -0.25) is 0 Å². The average molecular weight is 298 g/mol. The minimum absolute atomic E-state index is 0.0524. The number of sulfonamides is 1. The van der Waals surface area contributed by atoms with E-state index in [1.54, 1.807) is 6.07 Å². The third kappa shape index (κ3) is 2.61. The van der Waals surface area contributed by atoms with Gasteiger partial charge in [0.15, 0.2) is 0 Å². The third-order valence-electron chi connectivity index (χ3n) is 2.89. The summed E-state index contributed by atoms with van der Waals surface area (Å²) >= 11 is 0. The van der Waals surface area contributed by atoms with Gasteiger partial charge < -0.3 is 14.1 Å². The van der Waals surface area contributed by atoms with Crippen molar-refractivity contribution in [3.63, 3.8) is 0 Å². The van der Waals surface area contributed by atoms with E-state index in [4.69, 9.17) is 9.52 Å². The highest BCUT2D eigenvalue weighted by molar-refractivity contribution is 7.89. The number of carboxylic acids is 1. The molecule has 7 nitrogen and oxygen atoms in total. The van der Waals surface area contributed by atoms with Crippen molar-refractivity contribution in [1.82, 2.24) is 8.87 Å². The highest BCUT2D eigenvalue weighted by Gasteiger charge is 2.25. The summed E-state index contributed by atoms with van der Waals surface area (Å²) in [7, 11) is -0.832. The summed E-state index contributed by atoms with van der Waals surface area (Å²) in [6.07, 6.45) is 4.20. The maximum atomic E-state index is 12.3. The highest BCUT2D eigenvalue weighted by Crippen LogP contribution is 2.19. The molecule has 2 aromatic rings. The quantitative estimate of drug-likeness (QED) is 0.893. The predicted octanol–water partition coefficient (Wildman–Crippen LogP) is 1.14. The molecule has 0 aliphatic carbocycles. The molecule has 2 heterocycles. The van der Waals surface area contributed by atoms with Crippen LogP contribution in [-0.2, 0) is 23.6 Å². The molecular weight excluding hydrogens is 284 g/mol. The van der Waals surface area contributed by atoms with Crippen LogP contribution in [-0.4, -0.2) is 35.4 Å². The van der Waals surface area contributed by atoms with Crippen LogP contribution in [0.4, 0.5) is 0 Å². The van der Waals surface area contributed by atoms with E-state index in [0.29, 0.717) is 5.56 Å². The van der Waals surface area contributed by atoms with Crippen LogP contribution in [0.2, 0.25) is 0 Å². The molecule has 0 saturated carbocycles. The van der Waals surface area contributed by atoms with Gasteiger partial charge in [-0.25, -0.2) is 13.2 Å². The van der Waals surface area contributed by atoms with Gasteiger partial charge in [-0.05, 0) is 12.1 Å². The number of rotatable bonds is 5. The molecule has 8 heteroatoms. The number of hydrogen-bond acceptors (Lipinski definition) is 4. The summed E-state index contributed by atoms with van der Waals surface area (Å²) in [6.45, 7) is 0.149. The molecule has 0 fully saturated rings. The monoisotopic (exact) mass is 298 g/mol. The van der Waals surface area contributed by atoms with Crippen LogP contribution in [0.15, 0.2) is 40.2 Å². The number of furan rings is 1. The van der Waals surface area contributed by atoms with E-state index in [1.807, 2.05) is 0 Å². The fraction of sp³-hybridized carbons (Fsp3) is 0.250. The lowest BCUT2D eigenvalue weighted by Gasteiger charge is -2.14. The average Bonchev–Trinajstić information content (AvgIpc) is 2.98. The van der Waals surface area contributed by atoms with E-state index in [2.05, 4.69) is 0 Å². The third-order valence-corrected chi connectivity index (χ3v) is 4.66. The summed E-state index contributed by atoms with van der Waals surface area (Å²) in [5.41, 5.74) is 0.630. The molecule has 0 aromatic carbocycles. The molecule has 0 radical (unpaired) electrons. The van der Waals surface area contributed by atoms with Gasteiger partial charge in [-0.15, -0.1) is 0 Å². The van der Waals surface area contributed by atoms with Gasteiger partial charge >= 0.3 is 5.97 Å². The van der Waals surface area contributed by atoms with Crippen LogP contribution in [0.25, 0.3) is 0 Å². The molecule has 0 aliphatic heterocycles. The van der Waals surface area contributed by atoms with Gasteiger partial charge in [-0.2, -0.15) is 4.31 Å². The zero-order valence-electron chi connectivity index (χ0n) is 11.0. The van der Waals surface area contributed by atoms with Crippen LogP contribution in [0.1, 0.15) is 16.1 Å². The van der Waals surface area contributed by atoms with Crippen molar-refractivity contribution >= 4 is 16.0 Å². The van der Waals surface area contributed by atoms with Gasteiger partial charge in [0.05, 0.1) is 12.5 Å². The minimum Gasteiger partial charge on any atom is -0.477 e. The van der Waals surface area contributed by atoms with Crippen molar-refractivity contribution in [3.05, 3.63) is 42.1 Å². The van der Waals surface area contributed by atoms with E-state index in [0.717, 1.165) is 10.4 Å². The Bertz CT molecular complexity index is 715. The van der Waals surface area contributed by atoms with Crippen LogP contribution in [0.3, 0.4) is 0 Å². The van der Waals surface area contributed by atoms with Crippen molar-refractivity contribution in [3.8, 4) is 0 Å². The van der Waals surface area contributed by atoms with E-state index in [1.165, 1.54) is 37.4 Å². The molecule has 0 bridgehead atoms. The Balaban J connectivity index is 2.30. The highest BCUT2D eigenvalue weighted by atomic mass is 32.2. The number of aromatic nitrogens is 1. The number of aromatic carboxylic acids is 1. The first-order chi connectivity index (χ1) is 9.32. The maximum absolute atomic E-state index is 12.3. The van der Waals surface area contributed by atoms with Gasteiger partial charge in [0.1, 0.15) is 10.6 Å². The summed E-state index contributed by atoms with van der Waals surface area (Å²) in [5.74, 6) is -1.17. The normalized spacial score (nSPS) is 11.9. The molecule has 0 saturated heterocycles. The first kappa shape index (κ1) is 14.4. The first-order valence-electron chi connectivity index (χ1n) is 5.69. The van der Waals surface area contributed by atoms with Crippen molar-refractivity contribution in [2.24, 2.45) is 7.05 Å². The molecule has 0 spiro atoms. The topological polar surface area (TPSA) is 92.8 Å². The zero-order valence-corrected chi connectivity index (χ0v) is 11.8. The van der Waals surface area contributed by atoms with Crippen LogP contribution in [0.5, 0.6) is 0 Å². The number of hydrogen-bond donors (Lipinski definition) is 1. The summed E-state index contributed by atoms with van der Waals surface area (Å²) in [5, 5.41) is 8.95. The second-order valence-electron chi connectivity index (χ2n) is 4.37. The van der Waals surface area contributed by atoms with E-state index < -0.39 is 16.0 Å². The standard InChI is InChI=1S/C12H14N2O5S/c1-13-7-10(5-11(13)12(15)16)20(17,18)14(2)6-9-3-4-19-8-9/h3-5,7-8H,6H2,1-2H3,(H,15,16). The SMILES string of the molecule is CN(Cc1ccoc1)S(=O)(=O)c1cc(C(=O)O)n(C)c1. The van der Waals surface area contributed by atoms with Crippen molar-refractivity contribution < 1.29 is 22.7 Å². The Morgan fingerprint density at radius 3 is 2.70 bits per heavy atom. The molecule has 20 heavy (non-hydrogen) atoms. The molecule has 0 unspecified atom stereocenters. The van der Waals surface area contributed by atoms with E-state index in [-0.39, 0.29) is 17.1 Å². The lowest BCUT2D eigenvalue weighted by Crippen LogP contribution is -2.26. The second kappa shape index (κ2) is 5.14. The fourth-order valence-electron chi connectivity index (χ4n) is 1.79. The molecule has 2 aromatic heterocycles. The maximum Gasteiger partial charge on any atom is 0.352 e. The molecule has 1 N–H and O–H groups in total. The minimum atomic E-state index is -3.74. The Labute approximate surface area is 116 Å².